The van der Waals surface area contributed by atoms with Gasteiger partial charge in [0.15, 0.2) is 9.84 Å². The fourth-order valence-corrected chi connectivity index (χ4v) is 5.36. The van der Waals surface area contributed by atoms with Crippen molar-refractivity contribution in [2.24, 2.45) is 0 Å². The molecule has 3 aromatic rings. The molecule has 1 aromatic heterocycles. The monoisotopic (exact) mass is 515 g/mol. The van der Waals surface area contributed by atoms with Gasteiger partial charge in [-0.1, -0.05) is 11.6 Å². The summed E-state index contributed by atoms with van der Waals surface area (Å²) >= 11 is 8.99. The fraction of sp³-hybridized carbons (Fsp3) is 0.0526. The van der Waals surface area contributed by atoms with Gasteiger partial charge < -0.3 is 15.2 Å². The Labute approximate surface area is 183 Å². The van der Waals surface area contributed by atoms with Crippen molar-refractivity contribution in [3.05, 3.63) is 87.0 Å². The van der Waals surface area contributed by atoms with E-state index in [0.717, 1.165) is 30.5 Å². The third-order valence-corrected chi connectivity index (χ3v) is 7.06. The minimum absolute atomic E-state index is 0.0619. The number of benzene rings is 2. The molecule has 0 saturated carbocycles. The number of pyridine rings is 1. The van der Waals surface area contributed by atoms with Crippen LogP contribution in [0.1, 0.15) is 16.4 Å². The number of anilines is 1. The molecule has 156 valence electrons. The van der Waals surface area contributed by atoms with Crippen LogP contribution in [0.5, 0.6) is 0 Å². The second-order valence-corrected chi connectivity index (χ2v) is 9.37. The first-order valence-corrected chi connectivity index (χ1v) is 10.9. The summed E-state index contributed by atoms with van der Waals surface area (Å²) in [5.74, 6) is -2.06. The molecule has 1 heterocycles. The number of carbonyl (C=O) groups excluding carboxylic acids is 1. The van der Waals surface area contributed by atoms with Crippen LogP contribution in [0.15, 0.2) is 64.1 Å². The van der Waals surface area contributed by atoms with Crippen molar-refractivity contribution >= 4 is 49.3 Å². The summed E-state index contributed by atoms with van der Waals surface area (Å²) in [6, 6.07) is 8.69. The smallest absolute Gasteiger partial charge is 0.189 e. The van der Waals surface area contributed by atoms with Crippen molar-refractivity contribution in [2.75, 3.05) is 5.32 Å². The highest BCUT2D eigenvalue weighted by molar-refractivity contribution is 9.10. The van der Waals surface area contributed by atoms with E-state index in [2.05, 4.69) is 20.9 Å². The van der Waals surface area contributed by atoms with Gasteiger partial charge in [-0.15, -0.1) is 0 Å². The van der Waals surface area contributed by atoms with Crippen LogP contribution in [-0.2, 0) is 9.84 Å². The molecule has 0 bridgehead atoms. The number of hydrogen-bond acceptors (Lipinski definition) is 5. The van der Waals surface area contributed by atoms with Gasteiger partial charge in [0, 0.05) is 21.3 Å². The minimum Gasteiger partial charge on any atom is -0.530 e. The molecule has 1 N–H and O–H groups in total. The van der Waals surface area contributed by atoms with Crippen molar-refractivity contribution in [1.29, 1.82) is 0 Å². The molecule has 30 heavy (non-hydrogen) atoms. The third kappa shape index (κ3) is 4.61. The lowest BCUT2D eigenvalue weighted by Gasteiger charge is -2.21. The van der Waals surface area contributed by atoms with Gasteiger partial charge in [0.05, 0.1) is 4.90 Å². The number of nitrogens with zero attached hydrogens (tertiary/aromatic N) is 1. The summed E-state index contributed by atoms with van der Waals surface area (Å²) in [6.07, 6.45) is -0.535. The van der Waals surface area contributed by atoms with Gasteiger partial charge >= 0.3 is 0 Å². The summed E-state index contributed by atoms with van der Waals surface area (Å²) in [5.41, 5.74) is -0.524. The van der Waals surface area contributed by atoms with Gasteiger partial charge in [-0.3, -0.25) is 0 Å². The van der Waals surface area contributed by atoms with Crippen LogP contribution in [0.3, 0.4) is 0 Å². The van der Waals surface area contributed by atoms with Gasteiger partial charge in [-0.25, -0.2) is 22.2 Å². The molecule has 2 aromatic carbocycles. The highest BCUT2D eigenvalue weighted by atomic mass is 79.9. The van der Waals surface area contributed by atoms with Crippen molar-refractivity contribution in [3.8, 4) is 0 Å². The zero-order valence-electron chi connectivity index (χ0n) is 14.8. The number of carbonyl (C=O) groups is 1. The van der Waals surface area contributed by atoms with Crippen LogP contribution in [0.4, 0.5) is 19.4 Å². The van der Waals surface area contributed by atoms with Crippen LogP contribution >= 0.6 is 27.5 Å². The van der Waals surface area contributed by atoms with Crippen LogP contribution in [0.25, 0.3) is 0 Å². The van der Waals surface area contributed by atoms with Gasteiger partial charge in [0.25, 0.3) is 0 Å². The molecule has 0 saturated heterocycles. The SMILES string of the molecule is O=C([O-])Nc1cc(C(c2cc(F)ccc2F)S(=O)(=O)c2ccc(Cl)cc2)c(Br)cn1. The Kier molecular flexibility index (Phi) is 6.39. The van der Waals surface area contributed by atoms with E-state index in [1.54, 1.807) is 0 Å². The first-order chi connectivity index (χ1) is 14.1. The molecule has 6 nitrogen and oxygen atoms in total. The Hall–Kier alpha value is -2.56. The number of amides is 1. The molecule has 1 amide bonds. The van der Waals surface area contributed by atoms with E-state index in [-0.39, 0.29) is 25.8 Å². The predicted molar refractivity (Wildman–Crippen MR) is 108 cm³/mol. The number of nitrogens with one attached hydrogen (secondary N) is 1. The number of aromatic nitrogens is 1. The van der Waals surface area contributed by atoms with Crippen molar-refractivity contribution in [1.82, 2.24) is 4.98 Å². The molecule has 1 unspecified atom stereocenters. The summed E-state index contributed by atoms with van der Waals surface area (Å²) in [5, 5.41) is 11.3. The molecule has 0 aliphatic rings. The van der Waals surface area contributed by atoms with E-state index in [9.17, 15) is 27.1 Å². The lowest BCUT2D eigenvalue weighted by Crippen LogP contribution is -2.29. The van der Waals surface area contributed by atoms with Crippen molar-refractivity contribution in [3.63, 3.8) is 0 Å². The van der Waals surface area contributed by atoms with Crippen molar-refractivity contribution < 1.29 is 27.1 Å². The maximum Gasteiger partial charge on any atom is 0.189 e. The Balaban J connectivity index is 2.30. The average Bonchev–Trinajstić information content (AvgIpc) is 2.67. The second-order valence-electron chi connectivity index (χ2n) is 6.05. The molecule has 0 radical (unpaired) electrons. The van der Waals surface area contributed by atoms with Gasteiger partial charge in [0.1, 0.15) is 28.8 Å². The maximum atomic E-state index is 14.7. The molecule has 0 fully saturated rings. The first-order valence-electron chi connectivity index (χ1n) is 8.17. The molecular weight excluding hydrogens is 506 g/mol. The van der Waals surface area contributed by atoms with Crippen LogP contribution in [-0.4, -0.2) is 19.5 Å². The molecule has 1 atom stereocenters. The lowest BCUT2D eigenvalue weighted by molar-refractivity contribution is -0.242. The number of sulfone groups is 1. The second kappa shape index (κ2) is 8.66. The van der Waals surface area contributed by atoms with Gasteiger partial charge in [-0.2, -0.15) is 0 Å². The number of halogens is 4. The van der Waals surface area contributed by atoms with Gasteiger partial charge in [-0.05, 0) is 70.0 Å². The largest absolute Gasteiger partial charge is 0.530 e. The Morgan fingerprint density at radius 1 is 1.10 bits per heavy atom. The molecule has 0 spiro atoms. The molecular formula is C19H11BrClF2N2O4S-. The number of hydrogen-bond donors (Lipinski definition) is 1. The van der Waals surface area contributed by atoms with E-state index in [0.29, 0.717) is 0 Å². The van der Waals surface area contributed by atoms with E-state index < -0.39 is 38.4 Å². The number of rotatable bonds is 5. The average molecular weight is 517 g/mol. The zero-order valence-corrected chi connectivity index (χ0v) is 17.9. The molecule has 3 rings (SSSR count). The Morgan fingerprint density at radius 2 is 1.77 bits per heavy atom. The zero-order chi connectivity index (χ0) is 22.1. The maximum absolute atomic E-state index is 14.7. The third-order valence-electron chi connectivity index (χ3n) is 4.09. The fourth-order valence-electron chi connectivity index (χ4n) is 2.81. The van der Waals surface area contributed by atoms with Crippen LogP contribution in [0, 0.1) is 11.6 Å². The summed E-state index contributed by atoms with van der Waals surface area (Å²) in [7, 11) is -4.34. The van der Waals surface area contributed by atoms with E-state index >= 15 is 0 Å². The van der Waals surface area contributed by atoms with E-state index in [4.69, 9.17) is 11.6 Å². The quantitative estimate of drug-likeness (QED) is 0.551. The summed E-state index contributed by atoms with van der Waals surface area (Å²) in [6.45, 7) is 0. The van der Waals surface area contributed by atoms with Crippen molar-refractivity contribution in [2.45, 2.75) is 10.1 Å². The Bertz CT molecular complexity index is 1220. The van der Waals surface area contributed by atoms with Gasteiger partial charge in [0.2, 0.25) is 0 Å². The summed E-state index contributed by atoms with van der Waals surface area (Å²) in [4.78, 5) is 14.4. The molecule has 0 aliphatic heterocycles. The van der Waals surface area contributed by atoms with Crippen LogP contribution in [0.2, 0.25) is 5.02 Å². The first kappa shape index (κ1) is 22.1. The number of carboxylic acid groups (broad SMARTS) is 1. The lowest BCUT2D eigenvalue weighted by atomic mass is 10.0. The highest BCUT2D eigenvalue weighted by Crippen LogP contribution is 2.40. The standard InChI is InChI=1S/C19H12BrClF2N2O4S/c20-15-9-24-17(25-19(26)27)8-13(15)18(14-7-11(22)3-6-16(14)23)30(28,29)12-4-1-10(21)2-5-12/h1-9,18H,(H,24,25)(H,26,27)/p-1. The topological polar surface area (TPSA) is 99.2 Å². The predicted octanol–water partition coefficient (Wildman–Crippen LogP) is 4.09. The minimum atomic E-state index is -4.34. The summed E-state index contributed by atoms with van der Waals surface area (Å²) < 4.78 is 55.7. The molecule has 11 heteroatoms. The molecule has 0 aliphatic carbocycles. The highest BCUT2D eigenvalue weighted by Gasteiger charge is 2.35. The van der Waals surface area contributed by atoms with E-state index in [1.165, 1.54) is 24.3 Å². The van der Waals surface area contributed by atoms with Crippen LogP contribution < -0.4 is 10.4 Å². The normalized spacial score (nSPS) is 12.4. The Morgan fingerprint density at radius 3 is 2.40 bits per heavy atom. The van der Waals surface area contributed by atoms with E-state index in [1.807, 2.05) is 5.32 Å².